The molecule has 0 spiro atoms. The Bertz CT molecular complexity index is 967. The highest BCUT2D eigenvalue weighted by molar-refractivity contribution is 6.05. The Labute approximate surface area is 180 Å². The van der Waals surface area contributed by atoms with Gasteiger partial charge in [-0.05, 0) is 75.6 Å². The maximum atomic E-state index is 13.6. The summed E-state index contributed by atoms with van der Waals surface area (Å²) in [7, 11) is 0. The first-order chi connectivity index (χ1) is 14.8. The molecule has 7 nitrogen and oxygen atoms in total. The van der Waals surface area contributed by atoms with E-state index in [0.29, 0.717) is 11.3 Å². The van der Waals surface area contributed by atoms with E-state index in [1.165, 1.54) is 12.1 Å². The second kappa shape index (κ2) is 9.59. The second-order valence-electron chi connectivity index (χ2n) is 7.76. The molecule has 1 fully saturated rings. The molecule has 0 radical (unpaired) electrons. The number of primary amides is 1. The number of hydrogen-bond acceptors (Lipinski definition) is 4. The topological polar surface area (TPSA) is 102 Å². The molecule has 164 valence electrons. The van der Waals surface area contributed by atoms with Crippen molar-refractivity contribution in [2.75, 3.05) is 11.9 Å². The van der Waals surface area contributed by atoms with Gasteiger partial charge in [-0.2, -0.15) is 0 Å². The van der Waals surface area contributed by atoms with E-state index in [0.717, 1.165) is 25.3 Å². The fourth-order valence-electron chi connectivity index (χ4n) is 3.83. The van der Waals surface area contributed by atoms with Crippen LogP contribution in [-0.4, -0.2) is 41.3 Å². The lowest BCUT2D eigenvalue weighted by Crippen LogP contribution is -2.49. The third-order valence-electron chi connectivity index (χ3n) is 5.45. The second-order valence-corrected chi connectivity index (χ2v) is 7.76. The molecule has 0 aromatic heterocycles. The Balaban J connectivity index is 1.58. The number of nitrogens with one attached hydrogen (secondary N) is 1. The molecule has 3 N–H and O–H groups in total. The van der Waals surface area contributed by atoms with Gasteiger partial charge in [-0.25, -0.2) is 4.39 Å². The average molecular weight is 427 g/mol. The molecule has 1 heterocycles. The molecule has 0 aliphatic carbocycles. The summed E-state index contributed by atoms with van der Waals surface area (Å²) in [5, 5.41) is 2.59. The highest BCUT2D eigenvalue weighted by Gasteiger charge is 2.29. The number of halogens is 1. The molecule has 2 aromatic rings. The molecule has 1 saturated heterocycles. The van der Waals surface area contributed by atoms with Crippen molar-refractivity contribution in [3.63, 3.8) is 0 Å². The number of carbonyl (C=O) groups is 3. The summed E-state index contributed by atoms with van der Waals surface area (Å²) in [5.41, 5.74) is 5.40. The van der Waals surface area contributed by atoms with E-state index in [1.54, 1.807) is 24.3 Å². The van der Waals surface area contributed by atoms with Crippen molar-refractivity contribution in [3.05, 3.63) is 59.4 Å². The predicted octanol–water partition coefficient (Wildman–Crippen LogP) is 3.35. The number of carbonyl (C=O) groups excluding carboxylic acids is 3. The van der Waals surface area contributed by atoms with Crippen molar-refractivity contribution in [2.45, 2.75) is 45.2 Å². The van der Waals surface area contributed by atoms with Crippen molar-refractivity contribution in [1.29, 1.82) is 0 Å². The summed E-state index contributed by atoms with van der Waals surface area (Å²) in [6, 6.07) is 10.3. The van der Waals surface area contributed by atoms with Gasteiger partial charge in [0.15, 0.2) is 6.61 Å². The van der Waals surface area contributed by atoms with E-state index in [4.69, 9.17) is 10.5 Å². The maximum Gasteiger partial charge on any atom is 0.260 e. The van der Waals surface area contributed by atoms with Gasteiger partial charge in [-0.15, -0.1) is 0 Å². The fourth-order valence-corrected chi connectivity index (χ4v) is 3.83. The molecule has 2 atom stereocenters. The Morgan fingerprint density at radius 1 is 1.10 bits per heavy atom. The summed E-state index contributed by atoms with van der Waals surface area (Å²) >= 11 is 0. The molecular weight excluding hydrogens is 401 g/mol. The van der Waals surface area contributed by atoms with Crippen LogP contribution in [-0.2, 0) is 4.79 Å². The Kier molecular flexibility index (Phi) is 6.89. The van der Waals surface area contributed by atoms with Crippen LogP contribution < -0.4 is 15.8 Å². The lowest BCUT2D eigenvalue weighted by Gasteiger charge is -2.38. The van der Waals surface area contributed by atoms with Crippen LogP contribution >= 0.6 is 0 Å². The third-order valence-corrected chi connectivity index (χ3v) is 5.45. The number of likely N-dealkylation sites (tertiary alicyclic amines) is 1. The molecular formula is C23H26FN3O4. The summed E-state index contributed by atoms with van der Waals surface area (Å²) < 4.78 is 19.2. The number of nitrogens with two attached hydrogens (primary N) is 1. The van der Waals surface area contributed by atoms with Crippen molar-refractivity contribution < 1.29 is 23.5 Å². The summed E-state index contributed by atoms with van der Waals surface area (Å²) in [6.45, 7) is 4.04. The first kappa shape index (κ1) is 22.3. The first-order valence-electron chi connectivity index (χ1n) is 10.2. The quantitative estimate of drug-likeness (QED) is 0.738. The average Bonchev–Trinajstić information content (AvgIpc) is 2.73. The normalized spacial score (nSPS) is 18.4. The SMILES string of the molecule is CC1CCCC(C)N1C(=O)COc1ccc(C(=O)Nc2ccc(F)c(C(N)=O)c2)cc1. The first-order valence-corrected chi connectivity index (χ1v) is 10.2. The number of benzene rings is 2. The van der Waals surface area contributed by atoms with Crippen LogP contribution in [0.1, 0.15) is 53.8 Å². The van der Waals surface area contributed by atoms with Crippen LogP contribution in [0.3, 0.4) is 0 Å². The summed E-state index contributed by atoms with van der Waals surface area (Å²) in [4.78, 5) is 38.1. The van der Waals surface area contributed by atoms with Crippen LogP contribution in [0.15, 0.2) is 42.5 Å². The van der Waals surface area contributed by atoms with E-state index >= 15 is 0 Å². The van der Waals surface area contributed by atoms with Crippen molar-refractivity contribution in [2.24, 2.45) is 5.73 Å². The van der Waals surface area contributed by atoms with Crippen molar-refractivity contribution in [3.8, 4) is 5.75 Å². The minimum atomic E-state index is -0.919. The lowest BCUT2D eigenvalue weighted by molar-refractivity contribution is -0.139. The van der Waals surface area contributed by atoms with Crippen molar-refractivity contribution >= 4 is 23.4 Å². The largest absolute Gasteiger partial charge is 0.484 e. The zero-order valence-corrected chi connectivity index (χ0v) is 17.6. The molecule has 3 amide bonds. The van der Waals surface area contributed by atoms with E-state index < -0.39 is 17.6 Å². The molecule has 2 unspecified atom stereocenters. The van der Waals surface area contributed by atoms with E-state index in [2.05, 4.69) is 19.2 Å². The highest BCUT2D eigenvalue weighted by Crippen LogP contribution is 2.23. The zero-order valence-electron chi connectivity index (χ0n) is 17.6. The lowest BCUT2D eigenvalue weighted by atomic mass is 9.97. The van der Waals surface area contributed by atoms with Gasteiger partial charge in [-0.3, -0.25) is 14.4 Å². The molecule has 2 aromatic carbocycles. The van der Waals surface area contributed by atoms with E-state index in [9.17, 15) is 18.8 Å². The minimum absolute atomic E-state index is 0.0527. The van der Waals surface area contributed by atoms with Crippen LogP contribution in [0.4, 0.5) is 10.1 Å². The van der Waals surface area contributed by atoms with Gasteiger partial charge in [-0.1, -0.05) is 0 Å². The van der Waals surface area contributed by atoms with Crippen LogP contribution in [0.5, 0.6) is 5.75 Å². The number of rotatable bonds is 6. The minimum Gasteiger partial charge on any atom is -0.484 e. The fraction of sp³-hybridized carbons (Fsp3) is 0.348. The number of anilines is 1. The molecule has 1 aliphatic heterocycles. The monoisotopic (exact) mass is 427 g/mol. The summed E-state index contributed by atoms with van der Waals surface area (Å²) in [5.74, 6) is -1.70. The number of hydrogen-bond donors (Lipinski definition) is 2. The standard InChI is InChI=1S/C23H26FN3O4/c1-14-4-3-5-15(2)27(14)21(28)13-31-18-9-6-16(7-10-18)23(30)26-17-8-11-20(24)19(12-17)22(25)29/h6-12,14-15H,3-5,13H2,1-2H3,(H2,25,29)(H,26,30). The van der Waals surface area contributed by atoms with E-state index in [1.807, 2.05) is 4.90 Å². The van der Waals surface area contributed by atoms with Gasteiger partial charge in [0, 0.05) is 23.3 Å². The highest BCUT2D eigenvalue weighted by atomic mass is 19.1. The van der Waals surface area contributed by atoms with Gasteiger partial charge in [0.05, 0.1) is 5.56 Å². The van der Waals surface area contributed by atoms with Gasteiger partial charge in [0.1, 0.15) is 11.6 Å². The van der Waals surface area contributed by atoms with Gasteiger partial charge in [0.25, 0.3) is 17.7 Å². The van der Waals surface area contributed by atoms with Gasteiger partial charge >= 0.3 is 0 Å². The van der Waals surface area contributed by atoms with Gasteiger partial charge in [0.2, 0.25) is 0 Å². The number of piperidine rings is 1. The van der Waals surface area contributed by atoms with Gasteiger partial charge < -0.3 is 20.7 Å². The third kappa shape index (κ3) is 5.39. The molecule has 0 saturated carbocycles. The van der Waals surface area contributed by atoms with Crippen LogP contribution in [0.25, 0.3) is 0 Å². The van der Waals surface area contributed by atoms with E-state index in [-0.39, 0.29) is 35.8 Å². The smallest absolute Gasteiger partial charge is 0.260 e. The summed E-state index contributed by atoms with van der Waals surface area (Å²) in [6.07, 6.45) is 3.11. The molecule has 3 rings (SSSR count). The molecule has 1 aliphatic rings. The Morgan fingerprint density at radius 2 is 1.74 bits per heavy atom. The number of ether oxygens (including phenoxy) is 1. The Hall–Kier alpha value is -3.42. The van der Waals surface area contributed by atoms with Crippen molar-refractivity contribution in [1.82, 2.24) is 4.90 Å². The van der Waals surface area contributed by atoms with Crippen LogP contribution in [0, 0.1) is 5.82 Å². The van der Waals surface area contributed by atoms with Crippen LogP contribution in [0.2, 0.25) is 0 Å². The molecule has 8 heteroatoms. The molecule has 0 bridgehead atoms. The Morgan fingerprint density at radius 3 is 2.35 bits per heavy atom. The molecule has 31 heavy (non-hydrogen) atoms. The zero-order chi connectivity index (χ0) is 22.5. The predicted molar refractivity (Wildman–Crippen MR) is 114 cm³/mol. The number of nitrogens with zero attached hydrogens (tertiary/aromatic N) is 1. The number of amides is 3. The maximum absolute atomic E-state index is 13.6.